The molecule has 2 aromatic rings. The second kappa shape index (κ2) is 5.40. The van der Waals surface area contributed by atoms with Crippen LogP contribution in [-0.4, -0.2) is 16.7 Å². The number of fused-ring (bicyclic) bond motifs is 1. The number of rotatable bonds is 2. The Morgan fingerprint density at radius 2 is 1.95 bits per heavy atom. The highest BCUT2D eigenvalue weighted by Crippen LogP contribution is 2.33. The van der Waals surface area contributed by atoms with Crippen molar-refractivity contribution in [2.75, 3.05) is 4.90 Å². The summed E-state index contributed by atoms with van der Waals surface area (Å²) in [6.45, 7) is 0.164. The molecular weight excluding hydrogens is 379 g/mol. The van der Waals surface area contributed by atoms with Crippen molar-refractivity contribution < 1.29 is 9.59 Å². The number of hydrogen-bond donors (Lipinski definition) is 0. The molecule has 0 unspecified atom stereocenters. The first-order valence-corrected chi connectivity index (χ1v) is 7.48. The third-order valence-electron chi connectivity index (χ3n) is 3.16. The minimum atomic E-state index is -0.575. The van der Waals surface area contributed by atoms with Crippen molar-refractivity contribution in [2.45, 2.75) is 6.54 Å². The molecule has 7 heteroatoms. The molecular formula is C14H7BrCl2N2O2. The number of nitrogens with zero attached hydrogens (tertiary/aromatic N) is 2. The molecule has 1 amide bonds. The van der Waals surface area contributed by atoms with Crippen LogP contribution in [0.3, 0.4) is 0 Å². The second-order valence-corrected chi connectivity index (χ2v) is 6.19. The summed E-state index contributed by atoms with van der Waals surface area (Å²) in [6, 6.07) is 6.59. The third-order valence-corrected chi connectivity index (χ3v) is 4.21. The summed E-state index contributed by atoms with van der Waals surface area (Å²) in [5, 5.41) is 0.675. The molecule has 0 aliphatic carbocycles. The molecule has 1 aliphatic rings. The third kappa shape index (κ3) is 2.57. The number of carbonyl (C=O) groups is 2. The molecule has 0 fully saturated rings. The van der Waals surface area contributed by atoms with Gasteiger partial charge in [0.05, 0.1) is 22.8 Å². The number of halogens is 3. The molecule has 1 aromatic heterocycles. The molecule has 106 valence electrons. The molecule has 0 atom stereocenters. The number of amides is 1. The lowest BCUT2D eigenvalue weighted by Gasteiger charge is -2.17. The van der Waals surface area contributed by atoms with Crippen LogP contribution in [0.4, 0.5) is 5.69 Å². The zero-order valence-corrected chi connectivity index (χ0v) is 13.5. The lowest BCUT2D eigenvalue weighted by Crippen LogP contribution is -2.29. The lowest BCUT2D eigenvalue weighted by molar-refractivity contribution is -0.114. The van der Waals surface area contributed by atoms with Crippen molar-refractivity contribution in [3.63, 3.8) is 0 Å². The largest absolute Gasteiger partial charge is 0.300 e. The van der Waals surface area contributed by atoms with Crippen LogP contribution >= 0.6 is 39.1 Å². The summed E-state index contributed by atoms with van der Waals surface area (Å²) >= 11 is 15.2. The number of benzene rings is 1. The maximum absolute atomic E-state index is 12.1. The first-order valence-electron chi connectivity index (χ1n) is 5.93. The van der Waals surface area contributed by atoms with Crippen LogP contribution in [0.25, 0.3) is 0 Å². The van der Waals surface area contributed by atoms with Gasteiger partial charge in [-0.1, -0.05) is 39.1 Å². The number of aromatic nitrogens is 1. The molecule has 0 saturated heterocycles. The van der Waals surface area contributed by atoms with E-state index in [0.29, 0.717) is 21.8 Å². The van der Waals surface area contributed by atoms with Gasteiger partial charge in [-0.15, -0.1) is 0 Å². The van der Waals surface area contributed by atoms with Gasteiger partial charge in [0, 0.05) is 16.2 Å². The standard InChI is InChI=1S/C14H7BrCl2N2O2/c15-8-1-2-9-11(3-8)19(14(21)13(9)20)6-7-5-18-12(17)4-10(7)16/h1-5H,6H2. The Labute approximate surface area is 138 Å². The highest BCUT2D eigenvalue weighted by molar-refractivity contribution is 9.10. The summed E-state index contributed by atoms with van der Waals surface area (Å²) in [7, 11) is 0. The molecule has 3 rings (SSSR count). The van der Waals surface area contributed by atoms with Crippen molar-refractivity contribution in [3.8, 4) is 0 Å². The zero-order valence-electron chi connectivity index (χ0n) is 10.4. The van der Waals surface area contributed by atoms with Gasteiger partial charge in [0.25, 0.3) is 11.7 Å². The topological polar surface area (TPSA) is 50.3 Å². The molecule has 1 aromatic carbocycles. The van der Waals surface area contributed by atoms with Gasteiger partial charge in [0.1, 0.15) is 5.15 Å². The predicted octanol–water partition coefficient (Wildman–Crippen LogP) is 3.88. The molecule has 0 bridgehead atoms. The predicted molar refractivity (Wildman–Crippen MR) is 83.9 cm³/mol. The number of carbonyl (C=O) groups excluding carboxylic acids is 2. The lowest BCUT2D eigenvalue weighted by atomic mass is 10.1. The summed E-state index contributed by atoms with van der Waals surface area (Å²) < 4.78 is 0.786. The van der Waals surface area contributed by atoms with Gasteiger partial charge in [0.15, 0.2) is 0 Å². The van der Waals surface area contributed by atoms with Crippen molar-refractivity contribution in [3.05, 3.63) is 56.2 Å². The van der Waals surface area contributed by atoms with Gasteiger partial charge >= 0.3 is 0 Å². The molecule has 0 radical (unpaired) electrons. The Kier molecular flexibility index (Phi) is 3.73. The summed E-state index contributed by atoms with van der Waals surface area (Å²) in [5.74, 6) is -1.09. The molecule has 0 N–H and O–H groups in total. The summed E-state index contributed by atoms with van der Waals surface area (Å²) in [4.78, 5) is 29.4. The molecule has 21 heavy (non-hydrogen) atoms. The number of hydrogen-bond acceptors (Lipinski definition) is 3. The quantitative estimate of drug-likeness (QED) is 0.582. The highest BCUT2D eigenvalue weighted by atomic mass is 79.9. The van der Waals surface area contributed by atoms with E-state index in [0.717, 1.165) is 4.47 Å². The van der Waals surface area contributed by atoms with Gasteiger partial charge in [-0.3, -0.25) is 9.59 Å². The second-order valence-electron chi connectivity index (χ2n) is 4.48. The van der Waals surface area contributed by atoms with Crippen LogP contribution in [-0.2, 0) is 11.3 Å². The van der Waals surface area contributed by atoms with Crippen LogP contribution in [0.1, 0.15) is 15.9 Å². The van der Waals surface area contributed by atoms with Crippen molar-refractivity contribution >= 4 is 56.5 Å². The van der Waals surface area contributed by atoms with E-state index in [9.17, 15) is 9.59 Å². The zero-order chi connectivity index (χ0) is 15.1. The van der Waals surface area contributed by atoms with E-state index in [1.54, 1.807) is 18.2 Å². The SMILES string of the molecule is O=C1C(=O)N(Cc2cnc(Cl)cc2Cl)c2cc(Br)ccc21. The molecule has 2 heterocycles. The Morgan fingerprint density at radius 1 is 1.19 bits per heavy atom. The molecule has 1 aliphatic heterocycles. The van der Waals surface area contributed by atoms with Gasteiger partial charge in [-0.25, -0.2) is 4.98 Å². The normalized spacial score (nSPS) is 13.8. The summed E-state index contributed by atoms with van der Waals surface area (Å²) in [6.07, 6.45) is 1.50. The fourth-order valence-corrected chi connectivity index (χ4v) is 2.92. The number of ketones is 1. The van der Waals surface area contributed by atoms with Crippen LogP contribution in [0.5, 0.6) is 0 Å². The number of Topliss-reactive ketones (excluding diaryl/α,β-unsaturated/α-hetero) is 1. The fourth-order valence-electron chi connectivity index (χ4n) is 2.15. The first-order chi connectivity index (χ1) is 9.97. The smallest absolute Gasteiger partial charge is 0.299 e. The fraction of sp³-hybridized carbons (Fsp3) is 0.0714. The Bertz CT molecular complexity index is 780. The van der Waals surface area contributed by atoms with E-state index in [1.807, 2.05) is 0 Å². The minimum absolute atomic E-state index is 0.164. The Morgan fingerprint density at radius 3 is 2.67 bits per heavy atom. The van der Waals surface area contributed by atoms with Crippen molar-refractivity contribution in [1.29, 1.82) is 0 Å². The van der Waals surface area contributed by atoms with Crippen LogP contribution < -0.4 is 4.90 Å². The first kappa shape index (κ1) is 14.5. The average molecular weight is 386 g/mol. The minimum Gasteiger partial charge on any atom is -0.300 e. The van der Waals surface area contributed by atoms with Crippen LogP contribution in [0, 0.1) is 0 Å². The monoisotopic (exact) mass is 384 g/mol. The molecule has 0 saturated carbocycles. The van der Waals surface area contributed by atoms with Crippen LogP contribution in [0.2, 0.25) is 10.2 Å². The van der Waals surface area contributed by atoms with Gasteiger partial charge in [0.2, 0.25) is 0 Å². The van der Waals surface area contributed by atoms with Crippen molar-refractivity contribution in [1.82, 2.24) is 4.98 Å². The number of pyridine rings is 1. The van der Waals surface area contributed by atoms with E-state index in [4.69, 9.17) is 23.2 Å². The number of anilines is 1. The molecule has 0 spiro atoms. The van der Waals surface area contributed by atoms with E-state index in [2.05, 4.69) is 20.9 Å². The Balaban J connectivity index is 2.02. The van der Waals surface area contributed by atoms with Gasteiger partial charge in [-0.05, 0) is 24.3 Å². The van der Waals surface area contributed by atoms with Gasteiger partial charge < -0.3 is 4.90 Å². The maximum atomic E-state index is 12.1. The Hall–Kier alpha value is -1.43. The van der Waals surface area contributed by atoms with E-state index in [1.165, 1.54) is 17.2 Å². The maximum Gasteiger partial charge on any atom is 0.299 e. The van der Waals surface area contributed by atoms with Gasteiger partial charge in [-0.2, -0.15) is 0 Å². The highest BCUT2D eigenvalue weighted by Gasteiger charge is 2.36. The molecule has 4 nitrogen and oxygen atoms in total. The van der Waals surface area contributed by atoms with E-state index < -0.39 is 11.7 Å². The van der Waals surface area contributed by atoms with Crippen molar-refractivity contribution in [2.24, 2.45) is 0 Å². The van der Waals surface area contributed by atoms with Crippen LogP contribution in [0.15, 0.2) is 34.9 Å². The summed E-state index contributed by atoms with van der Waals surface area (Å²) in [5.41, 5.74) is 1.57. The average Bonchev–Trinajstić information content (AvgIpc) is 2.66. The van der Waals surface area contributed by atoms with E-state index in [-0.39, 0.29) is 11.7 Å². The van der Waals surface area contributed by atoms with E-state index >= 15 is 0 Å².